The van der Waals surface area contributed by atoms with Gasteiger partial charge in [0.05, 0.1) is 29.4 Å². The van der Waals surface area contributed by atoms with Crippen LogP contribution in [0.4, 0.5) is 9.52 Å². The maximum Gasteiger partial charge on any atom is 0.260 e. The first-order valence-electron chi connectivity index (χ1n) is 9.94. The highest BCUT2D eigenvalue weighted by atomic mass is 32.1. The Labute approximate surface area is 187 Å². The molecule has 0 radical (unpaired) electrons. The largest absolute Gasteiger partial charge is 0.287 e. The molecule has 0 bridgehead atoms. The van der Waals surface area contributed by atoms with Gasteiger partial charge in [-0.05, 0) is 23.8 Å². The number of nitrogens with zero attached hydrogens (tertiary/aromatic N) is 5. The monoisotopic (exact) mass is 443 g/mol. The second kappa shape index (κ2) is 8.32. The lowest BCUT2D eigenvalue weighted by atomic mass is 10.1. The molecule has 6 nitrogen and oxygen atoms in total. The number of carbonyl (C=O) groups excluding carboxylic acids is 1. The molecule has 1 amide bonds. The van der Waals surface area contributed by atoms with Gasteiger partial charge in [-0.3, -0.25) is 9.69 Å². The smallest absolute Gasteiger partial charge is 0.260 e. The summed E-state index contributed by atoms with van der Waals surface area (Å²) in [5.74, 6) is -0.507. The highest BCUT2D eigenvalue weighted by Gasteiger charge is 2.22. The number of benzene rings is 2. The van der Waals surface area contributed by atoms with Gasteiger partial charge < -0.3 is 0 Å². The summed E-state index contributed by atoms with van der Waals surface area (Å²) in [5, 5.41) is 7.53. The molecule has 0 aliphatic rings. The van der Waals surface area contributed by atoms with Gasteiger partial charge >= 0.3 is 0 Å². The Kier molecular flexibility index (Phi) is 5.20. The van der Waals surface area contributed by atoms with Crippen molar-refractivity contribution in [1.82, 2.24) is 19.7 Å². The fourth-order valence-electron chi connectivity index (χ4n) is 3.55. The number of fused-ring (bicyclic) bond motifs is 1. The zero-order valence-electron chi connectivity index (χ0n) is 17.1. The Bertz CT molecular complexity index is 1400. The van der Waals surface area contributed by atoms with Crippen molar-refractivity contribution in [2.24, 2.45) is 0 Å². The molecule has 3 heterocycles. The molecule has 0 spiro atoms. The molecule has 0 N–H and O–H groups in total. The number of anilines is 1. The third-order valence-corrected chi connectivity index (χ3v) is 5.99. The molecule has 0 saturated carbocycles. The molecule has 8 heteroatoms. The summed E-state index contributed by atoms with van der Waals surface area (Å²) in [6, 6.07) is 17.8. The van der Waals surface area contributed by atoms with Gasteiger partial charge in [-0.1, -0.05) is 42.5 Å². The summed E-state index contributed by atoms with van der Waals surface area (Å²) in [4.78, 5) is 24.0. The molecule has 0 fully saturated rings. The van der Waals surface area contributed by atoms with Gasteiger partial charge in [-0.25, -0.2) is 19.0 Å². The maximum absolute atomic E-state index is 13.7. The standard InChI is InChI=1S/C24H18FN5OS/c1-29(24-26-10-11-32-24)23(31)19-13-21(17-7-3-2-4-8-17)28-22-20(19)14-27-30(22)15-16-6-5-9-18(25)12-16/h2-14H,15H2,1H3. The first-order valence-corrected chi connectivity index (χ1v) is 10.8. The molecule has 0 atom stereocenters. The number of carbonyl (C=O) groups is 1. The quantitative estimate of drug-likeness (QED) is 0.383. The fraction of sp³-hybridized carbons (Fsp3) is 0.0833. The Morgan fingerprint density at radius 1 is 1.12 bits per heavy atom. The van der Waals surface area contributed by atoms with E-state index in [9.17, 15) is 9.18 Å². The Morgan fingerprint density at radius 3 is 2.72 bits per heavy atom. The maximum atomic E-state index is 13.7. The van der Waals surface area contributed by atoms with Crippen LogP contribution in [0.25, 0.3) is 22.3 Å². The number of aromatic nitrogens is 4. The van der Waals surface area contributed by atoms with E-state index in [2.05, 4.69) is 10.1 Å². The average Bonchev–Trinajstić information content (AvgIpc) is 3.49. The normalized spacial score (nSPS) is 11.1. The molecule has 0 aliphatic heterocycles. The van der Waals surface area contributed by atoms with E-state index in [-0.39, 0.29) is 11.7 Å². The molecule has 158 valence electrons. The lowest BCUT2D eigenvalue weighted by Crippen LogP contribution is -2.26. The van der Waals surface area contributed by atoms with Crippen LogP contribution in [-0.2, 0) is 6.54 Å². The summed E-state index contributed by atoms with van der Waals surface area (Å²) in [6.07, 6.45) is 3.30. The molecule has 0 unspecified atom stereocenters. The Balaban J connectivity index is 1.65. The molecular formula is C24H18FN5OS. The van der Waals surface area contributed by atoms with Crippen LogP contribution in [-0.4, -0.2) is 32.7 Å². The van der Waals surface area contributed by atoms with E-state index in [1.807, 2.05) is 41.8 Å². The summed E-state index contributed by atoms with van der Waals surface area (Å²) in [7, 11) is 1.70. The Morgan fingerprint density at radius 2 is 1.97 bits per heavy atom. The fourth-order valence-corrected chi connectivity index (χ4v) is 4.16. The molecule has 32 heavy (non-hydrogen) atoms. The van der Waals surface area contributed by atoms with Gasteiger partial charge in [0, 0.05) is 24.2 Å². The number of halogens is 1. The van der Waals surface area contributed by atoms with Crippen molar-refractivity contribution in [2.75, 3.05) is 11.9 Å². The minimum Gasteiger partial charge on any atom is -0.287 e. The van der Waals surface area contributed by atoms with Gasteiger partial charge in [0.25, 0.3) is 5.91 Å². The predicted molar refractivity (Wildman–Crippen MR) is 123 cm³/mol. The van der Waals surface area contributed by atoms with Gasteiger partial charge in [-0.2, -0.15) is 5.10 Å². The topological polar surface area (TPSA) is 63.9 Å². The molecule has 5 aromatic rings. The van der Waals surface area contributed by atoms with Crippen LogP contribution in [0, 0.1) is 5.82 Å². The van der Waals surface area contributed by atoms with E-state index in [0.29, 0.717) is 34.0 Å². The van der Waals surface area contributed by atoms with Crippen LogP contribution in [0.5, 0.6) is 0 Å². The van der Waals surface area contributed by atoms with Gasteiger partial charge in [0.2, 0.25) is 0 Å². The molecular weight excluding hydrogens is 425 g/mol. The number of hydrogen-bond donors (Lipinski definition) is 0. The lowest BCUT2D eigenvalue weighted by molar-refractivity contribution is 0.0994. The first kappa shape index (κ1) is 20.0. The van der Waals surface area contributed by atoms with Gasteiger partial charge in [0.15, 0.2) is 10.8 Å². The second-order valence-corrected chi connectivity index (χ2v) is 8.14. The van der Waals surface area contributed by atoms with Crippen molar-refractivity contribution in [1.29, 1.82) is 0 Å². The van der Waals surface area contributed by atoms with E-state index in [1.54, 1.807) is 36.3 Å². The van der Waals surface area contributed by atoms with Crippen LogP contribution < -0.4 is 4.90 Å². The molecule has 3 aromatic heterocycles. The summed E-state index contributed by atoms with van der Waals surface area (Å²) < 4.78 is 15.4. The molecule has 0 saturated heterocycles. The lowest BCUT2D eigenvalue weighted by Gasteiger charge is -2.15. The van der Waals surface area contributed by atoms with E-state index in [4.69, 9.17) is 4.98 Å². The van der Waals surface area contributed by atoms with E-state index < -0.39 is 0 Å². The van der Waals surface area contributed by atoms with E-state index in [1.165, 1.54) is 28.4 Å². The predicted octanol–water partition coefficient (Wildman–Crippen LogP) is 5.02. The van der Waals surface area contributed by atoms with Crippen LogP contribution in [0.3, 0.4) is 0 Å². The zero-order chi connectivity index (χ0) is 22.1. The number of pyridine rings is 1. The third kappa shape index (κ3) is 3.76. The van der Waals surface area contributed by atoms with Gasteiger partial charge in [0.1, 0.15) is 5.82 Å². The van der Waals surface area contributed by atoms with Crippen LogP contribution >= 0.6 is 11.3 Å². The number of rotatable bonds is 5. The first-order chi connectivity index (χ1) is 15.6. The number of amides is 1. The van der Waals surface area contributed by atoms with Crippen molar-refractivity contribution in [3.63, 3.8) is 0 Å². The van der Waals surface area contributed by atoms with Crippen molar-refractivity contribution >= 4 is 33.4 Å². The van der Waals surface area contributed by atoms with Crippen molar-refractivity contribution in [3.05, 3.63) is 95.4 Å². The SMILES string of the molecule is CN(C(=O)c1cc(-c2ccccc2)nc2c1cnn2Cc1cccc(F)c1)c1nccs1. The number of thiazole rings is 1. The molecule has 2 aromatic carbocycles. The minimum atomic E-state index is -0.308. The zero-order valence-corrected chi connectivity index (χ0v) is 18.0. The average molecular weight is 444 g/mol. The van der Waals surface area contributed by atoms with Crippen molar-refractivity contribution < 1.29 is 9.18 Å². The summed E-state index contributed by atoms with van der Waals surface area (Å²) >= 11 is 1.39. The van der Waals surface area contributed by atoms with Crippen LogP contribution in [0.1, 0.15) is 15.9 Å². The van der Waals surface area contributed by atoms with E-state index >= 15 is 0 Å². The van der Waals surface area contributed by atoms with Crippen molar-refractivity contribution in [2.45, 2.75) is 6.54 Å². The second-order valence-electron chi connectivity index (χ2n) is 7.27. The molecule has 5 rings (SSSR count). The highest BCUT2D eigenvalue weighted by Crippen LogP contribution is 2.28. The van der Waals surface area contributed by atoms with Crippen molar-refractivity contribution in [3.8, 4) is 11.3 Å². The molecule has 0 aliphatic carbocycles. The van der Waals surface area contributed by atoms with Crippen LogP contribution in [0.15, 0.2) is 78.4 Å². The Hall–Kier alpha value is -3.91. The minimum absolute atomic E-state index is 0.199. The summed E-state index contributed by atoms with van der Waals surface area (Å²) in [5.41, 5.74) is 3.35. The number of hydrogen-bond acceptors (Lipinski definition) is 5. The summed E-state index contributed by atoms with van der Waals surface area (Å²) in [6.45, 7) is 0.336. The van der Waals surface area contributed by atoms with Crippen LogP contribution in [0.2, 0.25) is 0 Å². The van der Waals surface area contributed by atoms with E-state index in [0.717, 1.165) is 11.1 Å². The van der Waals surface area contributed by atoms with Gasteiger partial charge in [-0.15, -0.1) is 11.3 Å². The third-order valence-electron chi connectivity index (χ3n) is 5.14. The highest BCUT2D eigenvalue weighted by molar-refractivity contribution is 7.13.